The Morgan fingerprint density at radius 3 is 2.50 bits per heavy atom. The molecule has 1 fully saturated rings. The van der Waals surface area contributed by atoms with Gasteiger partial charge in [-0.2, -0.15) is 18.3 Å². The van der Waals surface area contributed by atoms with Crippen LogP contribution in [0.15, 0.2) is 47.3 Å². The number of alkyl halides is 3. The van der Waals surface area contributed by atoms with Crippen LogP contribution < -0.4 is 10.4 Å². The molecule has 4 heterocycles. The molecule has 234 valence electrons. The molecule has 1 unspecified atom stereocenters. The van der Waals surface area contributed by atoms with Gasteiger partial charge in [-0.25, -0.2) is 4.79 Å². The number of aliphatic hydroxyl groups excluding tert-OH is 1. The second-order valence-electron chi connectivity index (χ2n) is 11.6. The number of piperidine rings is 1. The summed E-state index contributed by atoms with van der Waals surface area (Å²) in [4.78, 5) is 31.7. The topological polar surface area (TPSA) is 109 Å². The summed E-state index contributed by atoms with van der Waals surface area (Å²) in [6.07, 6.45) is -3.17. The summed E-state index contributed by atoms with van der Waals surface area (Å²) in [5, 5.41) is 15.9. The lowest BCUT2D eigenvalue weighted by Crippen LogP contribution is -2.42. The molecule has 0 radical (unpaired) electrons. The number of carbonyl (C=O) groups is 1. The number of nitrogens with one attached hydrogen (secondary N) is 1. The number of rotatable bonds is 7. The monoisotopic (exact) mass is 612 g/mol. The molecule has 4 aromatic rings. The highest BCUT2D eigenvalue weighted by Crippen LogP contribution is 2.34. The molecule has 2 N–H and O–H groups in total. The fourth-order valence-corrected chi connectivity index (χ4v) is 6.47. The van der Waals surface area contributed by atoms with E-state index in [0.29, 0.717) is 56.2 Å². The average molecular weight is 613 g/mol. The Bertz CT molecular complexity index is 1720. The van der Waals surface area contributed by atoms with E-state index in [0.717, 1.165) is 47.3 Å². The van der Waals surface area contributed by atoms with Gasteiger partial charge >= 0.3 is 11.9 Å². The molecular formula is C31H35F3N6O4. The molecule has 6 rings (SSSR count). The first kappa shape index (κ1) is 29.9. The van der Waals surface area contributed by atoms with Gasteiger partial charge in [0.05, 0.1) is 42.0 Å². The molecule has 2 aliphatic heterocycles. The van der Waals surface area contributed by atoms with Gasteiger partial charge in [0.2, 0.25) is 5.91 Å². The van der Waals surface area contributed by atoms with Crippen LogP contribution in [0.1, 0.15) is 42.6 Å². The number of ether oxygens (including phenoxy) is 1. The summed E-state index contributed by atoms with van der Waals surface area (Å²) in [5.74, 6) is 0.598. The van der Waals surface area contributed by atoms with Gasteiger partial charge < -0.3 is 24.6 Å². The van der Waals surface area contributed by atoms with E-state index in [9.17, 15) is 27.9 Å². The maximum Gasteiger partial charge on any atom is 0.416 e. The minimum atomic E-state index is -4.44. The zero-order chi connectivity index (χ0) is 31.2. The summed E-state index contributed by atoms with van der Waals surface area (Å²) in [7, 11) is 1.59. The van der Waals surface area contributed by atoms with E-state index in [1.54, 1.807) is 21.3 Å². The number of imidazole rings is 1. The molecule has 2 aliphatic rings. The molecule has 0 spiro atoms. The van der Waals surface area contributed by atoms with Crippen LogP contribution in [-0.4, -0.2) is 79.5 Å². The van der Waals surface area contributed by atoms with Crippen LogP contribution in [-0.2, 0) is 30.5 Å². The number of hydrogen-bond acceptors (Lipinski definition) is 6. The standard InChI is InChI=1S/C31H35F3N6O4/c1-19(41)38-14-11-27-25(18-38)29(20-3-5-21(6-4-20)31(32,33)34)36-39(27)17-23(42)16-37-12-9-22(10-13-37)40-28-15-24(44-2)7-8-26(28)35-30(40)43/h3-8,15,22-23,42H,9-14,16-18H2,1-2H3,(H,35,43). The van der Waals surface area contributed by atoms with E-state index >= 15 is 0 Å². The van der Waals surface area contributed by atoms with Crippen molar-refractivity contribution in [2.75, 3.05) is 33.3 Å². The Morgan fingerprint density at radius 1 is 1.11 bits per heavy atom. The van der Waals surface area contributed by atoms with Crippen LogP contribution in [0.2, 0.25) is 0 Å². The fourth-order valence-electron chi connectivity index (χ4n) is 6.47. The number of likely N-dealkylation sites (tertiary alicyclic amines) is 1. The molecule has 44 heavy (non-hydrogen) atoms. The number of β-amino-alcohol motifs (C(OH)–C–C–N with tert-alkyl or cyclic N) is 1. The van der Waals surface area contributed by atoms with E-state index in [2.05, 4.69) is 9.88 Å². The minimum Gasteiger partial charge on any atom is -0.497 e. The Balaban J connectivity index is 1.15. The summed E-state index contributed by atoms with van der Waals surface area (Å²) in [5.41, 5.74) is 3.40. The van der Waals surface area contributed by atoms with Gasteiger partial charge in [-0.3, -0.25) is 14.0 Å². The zero-order valence-corrected chi connectivity index (χ0v) is 24.6. The number of fused-ring (bicyclic) bond motifs is 2. The molecule has 0 saturated carbocycles. The van der Waals surface area contributed by atoms with Crippen molar-refractivity contribution >= 4 is 16.9 Å². The molecule has 10 nitrogen and oxygen atoms in total. The average Bonchev–Trinajstić information content (AvgIpc) is 3.52. The third-order valence-corrected chi connectivity index (χ3v) is 8.76. The second kappa shape index (κ2) is 11.8. The summed E-state index contributed by atoms with van der Waals surface area (Å²) in [6, 6.07) is 10.4. The number of H-pyrrole nitrogens is 1. The molecule has 0 bridgehead atoms. The van der Waals surface area contributed by atoms with Crippen molar-refractivity contribution in [3.8, 4) is 17.0 Å². The maximum absolute atomic E-state index is 13.2. The normalized spacial score (nSPS) is 17.2. The van der Waals surface area contributed by atoms with E-state index in [1.165, 1.54) is 19.1 Å². The van der Waals surface area contributed by atoms with E-state index in [4.69, 9.17) is 9.84 Å². The summed E-state index contributed by atoms with van der Waals surface area (Å²) >= 11 is 0. The van der Waals surface area contributed by atoms with Crippen molar-refractivity contribution in [3.05, 3.63) is 69.8 Å². The Hall–Kier alpha value is -4.10. The van der Waals surface area contributed by atoms with Gasteiger partial charge in [0, 0.05) is 75.0 Å². The highest BCUT2D eigenvalue weighted by atomic mass is 19.4. The smallest absolute Gasteiger partial charge is 0.416 e. The number of benzene rings is 2. The molecule has 2 aromatic heterocycles. The lowest BCUT2D eigenvalue weighted by atomic mass is 10.00. The van der Waals surface area contributed by atoms with E-state index < -0.39 is 17.8 Å². The Kier molecular flexibility index (Phi) is 8.01. The number of carbonyl (C=O) groups excluding carboxylic acids is 1. The van der Waals surface area contributed by atoms with Gasteiger partial charge in [-0.05, 0) is 37.1 Å². The predicted molar refractivity (Wildman–Crippen MR) is 157 cm³/mol. The SMILES string of the molecule is COc1ccc2[nH]c(=O)n(C3CCN(CC(O)Cn4nc(-c5ccc(C(F)(F)F)cc5)c5c4CCN(C(C)=O)C5)CC3)c2c1. The number of aromatic nitrogens is 4. The first-order chi connectivity index (χ1) is 21.0. The number of nitrogens with zero attached hydrogens (tertiary/aromatic N) is 5. The molecule has 2 aromatic carbocycles. The lowest BCUT2D eigenvalue weighted by molar-refractivity contribution is -0.137. The van der Waals surface area contributed by atoms with Gasteiger partial charge in [0.1, 0.15) is 5.75 Å². The first-order valence-corrected chi connectivity index (χ1v) is 14.7. The third-order valence-electron chi connectivity index (χ3n) is 8.76. The number of hydrogen-bond donors (Lipinski definition) is 2. The molecule has 0 aliphatic carbocycles. The van der Waals surface area contributed by atoms with Gasteiger partial charge in [0.15, 0.2) is 0 Å². The van der Waals surface area contributed by atoms with Crippen molar-refractivity contribution in [2.45, 2.75) is 57.6 Å². The predicted octanol–water partition coefficient (Wildman–Crippen LogP) is 3.82. The van der Waals surface area contributed by atoms with Crippen LogP contribution >= 0.6 is 0 Å². The van der Waals surface area contributed by atoms with E-state index in [-0.39, 0.29) is 24.2 Å². The third kappa shape index (κ3) is 5.85. The Labute approximate surface area is 251 Å². The van der Waals surface area contributed by atoms with Crippen molar-refractivity contribution in [1.29, 1.82) is 0 Å². The quantitative estimate of drug-likeness (QED) is 0.329. The molecule has 13 heteroatoms. The number of methoxy groups -OCH3 is 1. The van der Waals surface area contributed by atoms with Crippen molar-refractivity contribution in [3.63, 3.8) is 0 Å². The first-order valence-electron chi connectivity index (χ1n) is 14.7. The molecule has 1 amide bonds. The van der Waals surface area contributed by atoms with Crippen LogP contribution in [0, 0.1) is 0 Å². The Morgan fingerprint density at radius 2 is 1.84 bits per heavy atom. The van der Waals surface area contributed by atoms with E-state index in [1.807, 2.05) is 18.2 Å². The number of aliphatic hydroxyl groups is 1. The van der Waals surface area contributed by atoms with Gasteiger partial charge in [-0.1, -0.05) is 12.1 Å². The minimum absolute atomic E-state index is 0.0189. The number of aromatic amines is 1. The summed E-state index contributed by atoms with van der Waals surface area (Å²) in [6.45, 7) is 4.33. The number of halogens is 3. The van der Waals surface area contributed by atoms with Crippen LogP contribution in [0.4, 0.5) is 13.2 Å². The van der Waals surface area contributed by atoms with Crippen molar-refractivity contribution in [2.24, 2.45) is 0 Å². The van der Waals surface area contributed by atoms with Crippen molar-refractivity contribution in [1.82, 2.24) is 29.1 Å². The molecular weight excluding hydrogens is 577 g/mol. The van der Waals surface area contributed by atoms with Crippen LogP contribution in [0.3, 0.4) is 0 Å². The van der Waals surface area contributed by atoms with Crippen LogP contribution in [0.25, 0.3) is 22.3 Å². The van der Waals surface area contributed by atoms with Crippen LogP contribution in [0.5, 0.6) is 5.75 Å². The molecule has 1 atom stereocenters. The fraction of sp³-hybridized carbons (Fsp3) is 0.452. The van der Waals surface area contributed by atoms with Gasteiger partial charge in [0.25, 0.3) is 0 Å². The highest BCUT2D eigenvalue weighted by Gasteiger charge is 2.32. The number of amides is 1. The largest absolute Gasteiger partial charge is 0.497 e. The van der Waals surface area contributed by atoms with Crippen molar-refractivity contribution < 1.29 is 27.8 Å². The molecule has 1 saturated heterocycles. The second-order valence-corrected chi connectivity index (χ2v) is 11.6. The lowest BCUT2D eigenvalue weighted by Gasteiger charge is -2.33. The van der Waals surface area contributed by atoms with Gasteiger partial charge in [-0.15, -0.1) is 0 Å². The zero-order valence-electron chi connectivity index (χ0n) is 24.6. The maximum atomic E-state index is 13.2. The summed E-state index contributed by atoms with van der Waals surface area (Å²) < 4.78 is 48.4. The highest BCUT2D eigenvalue weighted by molar-refractivity contribution is 5.77.